The zero-order valence-corrected chi connectivity index (χ0v) is 6.33. The zero-order chi connectivity index (χ0) is 9.14. The van der Waals surface area contributed by atoms with Crippen LogP contribution < -0.4 is 0 Å². The quantitative estimate of drug-likeness (QED) is 0.434. The van der Waals surface area contributed by atoms with Crippen LogP contribution in [0.2, 0.25) is 0 Å². The van der Waals surface area contributed by atoms with Crippen LogP contribution in [0.25, 0.3) is 0 Å². The molecule has 1 rings (SSSR count). The van der Waals surface area contributed by atoms with Gasteiger partial charge in [-0.2, -0.15) is 4.91 Å². The Balaban J connectivity index is 2.58. The zero-order valence-electron chi connectivity index (χ0n) is 6.33. The third kappa shape index (κ3) is 1.61. The Morgan fingerprint density at radius 1 is 1.42 bits per heavy atom. The van der Waals surface area contributed by atoms with Crippen LogP contribution >= 0.6 is 0 Å². The molecule has 0 spiro atoms. The molecule has 4 unspecified atom stereocenters. The molecule has 1 saturated heterocycles. The smallest absolute Gasteiger partial charge is 0.144 e. The highest BCUT2D eigenvalue weighted by molar-refractivity contribution is 4.90. The lowest BCUT2D eigenvalue weighted by Crippen LogP contribution is -2.53. The first-order chi connectivity index (χ1) is 5.70. The standard InChI is InChI=1S/C6H11NO5/c8-1-4-6(10)5(9)3(7-11)2-12-4/h3-6,8-10H,1-2H2. The van der Waals surface area contributed by atoms with Crippen molar-refractivity contribution in [2.75, 3.05) is 13.2 Å². The van der Waals surface area contributed by atoms with Gasteiger partial charge >= 0.3 is 0 Å². The van der Waals surface area contributed by atoms with Crippen molar-refractivity contribution in [1.82, 2.24) is 0 Å². The third-order valence-corrected chi connectivity index (χ3v) is 1.92. The average molecular weight is 177 g/mol. The molecule has 4 atom stereocenters. The van der Waals surface area contributed by atoms with E-state index in [4.69, 9.17) is 9.84 Å². The molecule has 0 aromatic carbocycles. The number of hydrogen-bond donors (Lipinski definition) is 3. The predicted molar refractivity (Wildman–Crippen MR) is 38.4 cm³/mol. The van der Waals surface area contributed by atoms with Crippen molar-refractivity contribution in [2.45, 2.75) is 24.4 Å². The maximum absolute atomic E-state index is 10.0. The second-order valence-electron chi connectivity index (χ2n) is 2.71. The lowest BCUT2D eigenvalue weighted by Gasteiger charge is -2.33. The second-order valence-corrected chi connectivity index (χ2v) is 2.71. The Hall–Kier alpha value is -0.560. The Morgan fingerprint density at radius 3 is 2.58 bits per heavy atom. The van der Waals surface area contributed by atoms with E-state index >= 15 is 0 Å². The molecule has 0 radical (unpaired) electrons. The van der Waals surface area contributed by atoms with Crippen molar-refractivity contribution in [2.24, 2.45) is 5.18 Å². The molecule has 1 aliphatic rings. The van der Waals surface area contributed by atoms with E-state index in [2.05, 4.69) is 5.18 Å². The fourth-order valence-electron chi connectivity index (χ4n) is 1.12. The molecule has 12 heavy (non-hydrogen) atoms. The highest BCUT2D eigenvalue weighted by Gasteiger charge is 2.38. The van der Waals surface area contributed by atoms with Gasteiger partial charge in [-0.25, -0.2) is 0 Å². The second kappa shape index (κ2) is 3.90. The molecule has 1 aliphatic heterocycles. The minimum Gasteiger partial charge on any atom is -0.394 e. The monoisotopic (exact) mass is 177 g/mol. The molecule has 1 fully saturated rings. The number of rotatable bonds is 2. The highest BCUT2D eigenvalue weighted by atomic mass is 16.5. The van der Waals surface area contributed by atoms with Crippen molar-refractivity contribution in [3.05, 3.63) is 4.91 Å². The van der Waals surface area contributed by atoms with Crippen LogP contribution in [-0.4, -0.2) is 52.9 Å². The molecule has 6 heteroatoms. The van der Waals surface area contributed by atoms with E-state index in [1.807, 2.05) is 0 Å². The molecule has 1 heterocycles. The van der Waals surface area contributed by atoms with Crippen LogP contribution in [-0.2, 0) is 4.74 Å². The van der Waals surface area contributed by atoms with Crippen LogP contribution in [0, 0.1) is 4.91 Å². The minimum absolute atomic E-state index is 0.0625. The first-order valence-corrected chi connectivity index (χ1v) is 3.61. The summed E-state index contributed by atoms with van der Waals surface area (Å²) in [4.78, 5) is 10.0. The summed E-state index contributed by atoms with van der Waals surface area (Å²) in [6.45, 7) is -0.448. The number of hydrogen-bond acceptors (Lipinski definition) is 6. The van der Waals surface area contributed by atoms with E-state index < -0.39 is 24.4 Å². The Morgan fingerprint density at radius 2 is 2.08 bits per heavy atom. The van der Waals surface area contributed by atoms with Gasteiger partial charge in [0, 0.05) is 0 Å². The number of ether oxygens (including phenoxy) is 1. The molecule has 0 aliphatic carbocycles. The summed E-state index contributed by atoms with van der Waals surface area (Å²) >= 11 is 0. The van der Waals surface area contributed by atoms with Crippen LogP contribution in [0.5, 0.6) is 0 Å². The molecular formula is C6H11NO5. The molecule has 70 valence electrons. The molecular weight excluding hydrogens is 166 g/mol. The van der Waals surface area contributed by atoms with Gasteiger partial charge in [0.2, 0.25) is 0 Å². The van der Waals surface area contributed by atoms with Crippen LogP contribution in [0.1, 0.15) is 0 Å². The summed E-state index contributed by atoms with van der Waals surface area (Å²) in [5, 5.41) is 29.6. The maximum atomic E-state index is 10.0. The molecule has 3 N–H and O–H groups in total. The first-order valence-electron chi connectivity index (χ1n) is 3.61. The molecule has 0 amide bonds. The van der Waals surface area contributed by atoms with E-state index in [0.29, 0.717) is 0 Å². The third-order valence-electron chi connectivity index (χ3n) is 1.92. The SMILES string of the molecule is O=NC1COC(CO)C(O)C1O. The topological polar surface area (TPSA) is 99.4 Å². The summed E-state index contributed by atoms with van der Waals surface area (Å²) < 4.78 is 4.86. The largest absolute Gasteiger partial charge is 0.394 e. The van der Waals surface area contributed by atoms with Gasteiger partial charge in [0.15, 0.2) is 0 Å². The molecule has 0 bridgehead atoms. The number of nitroso groups, excluding NO2 is 1. The van der Waals surface area contributed by atoms with Crippen molar-refractivity contribution >= 4 is 0 Å². The van der Waals surface area contributed by atoms with E-state index in [9.17, 15) is 15.1 Å². The molecule has 0 saturated carbocycles. The fourth-order valence-corrected chi connectivity index (χ4v) is 1.12. The minimum atomic E-state index is -1.24. The summed E-state index contributed by atoms with van der Waals surface area (Å²) in [6, 6.07) is -0.942. The predicted octanol–water partition coefficient (Wildman–Crippen LogP) is -1.77. The number of aliphatic hydroxyl groups excluding tert-OH is 3. The highest BCUT2D eigenvalue weighted by Crippen LogP contribution is 2.17. The first kappa shape index (κ1) is 9.53. The van der Waals surface area contributed by atoms with Crippen molar-refractivity contribution < 1.29 is 20.1 Å². The summed E-state index contributed by atoms with van der Waals surface area (Å²) in [6.07, 6.45) is -3.31. The number of aliphatic hydroxyl groups is 3. The van der Waals surface area contributed by atoms with Gasteiger partial charge < -0.3 is 20.1 Å². The van der Waals surface area contributed by atoms with E-state index in [0.717, 1.165) is 0 Å². The molecule has 0 aromatic rings. The molecule has 0 aromatic heterocycles. The van der Waals surface area contributed by atoms with Crippen molar-refractivity contribution in [3.8, 4) is 0 Å². The van der Waals surface area contributed by atoms with Crippen LogP contribution in [0.15, 0.2) is 5.18 Å². The van der Waals surface area contributed by atoms with Gasteiger partial charge in [-0.1, -0.05) is 5.18 Å². The van der Waals surface area contributed by atoms with E-state index in [-0.39, 0.29) is 13.2 Å². The van der Waals surface area contributed by atoms with E-state index in [1.165, 1.54) is 0 Å². The van der Waals surface area contributed by atoms with Crippen LogP contribution in [0.3, 0.4) is 0 Å². The molecule has 6 nitrogen and oxygen atoms in total. The van der Waals surface area contributed by atoms with Gasteiger partial charge in [0.05, 0.1) is 13.2 Å². The van der Waals surface area contributed by atoms with Gasteiger partial charge in [-0.15, -0.1) is 0 Å². The van der Waals surface area contributed by atoms with Crippen LogP contribution in [0.4, 0.5) is 0 Å². The lowest BCUT2D eigenvalue weighted by atomic mass is 9.99. The summed E-state index contributed by atoms with van der Waals surface area (Å²) in [5.74, 6) is 0. The Kier molecular flexibility index (Phi) is 3.10. The summed E-state index contributed by atoms with van der Waals surface area (Å²) in [7, 11) is 0. The lowest BCUT2D eigenvalue weighted by molar-refractivity contribution is -0.155. The summed E-state index contributed by atoms with van der Waals surface area (Å²) in [5.41, 5.74) is 0. The Bertz CT molecular complexity index is 164. The maximum Gasteiger partial charge on any atom is 0.144 e. The van der Waals surface area contributed by atoms with Gasteiger partial charge in [-0.3, -0.25) is 0 Å². The van der Waals surface area contributed by atoms with Crippen molar-refractivity contribution in [3.63, 3.8) is 0 Å². The fraction of sp³-hybridized carbons (Fsp3) is 1.00. The number of nitrogens with zero attached hydrogens (tertiary/aromatic N) is 1. The van der Waals surface area contributed by atoms with Crippen molar-refractivity contribution in [1.29, 1.82) is 0 Å². The normalized spacial score (nSPS) is 42.6. The Labute approximate surface area is 68.7 Å². The van der Waals surface area contributed by atoms with Gasteiger partial charge in [-0.05, 0) is 0 Å². The average Bonchev–Trinajstić information content (AvgIpc) is 2.10. The van der Waals surface area contributed by atoms with Gasteiger partial charge in [0.1, 0.15) is 24.4 Å². The van der Waals surface area contributed by atoms with Gasteiger partial charge in [0.25, 0.3) is 0 Å². The van der Waals surface area contributed by atoms with E-state index in [1.54, 1.807) is 0 Å².